The first kappa shape index (κ1) is 12.5. The highest BCUT2D eigenvalue weighted by atomic mass is 16.3. The van der Waals surface area contributed by atoms with Crippen molar-refractivity contribution in [3.8, 4) is 0 Å². The zero-order valence-electron chi connectivity index (χ0n) is 9.39. The molecule has 0 aromatic heterocycles. The third-order valence-corrected chi connectivity index (χ3v) is 2.21. The summed E-state index contributed by atoms with van der Waals surface area (Å²) in [5, 5.41) is 11.9. The molecule has 0 aliphatic heterocycles. The van der Waals surface area contributed by atoms with Crippen molar-refractivity contribution >= 4 is 12.0 Å². The Balaban J connectivity index is 2.37. The Bertz CT molecular complexity index is 346. The first-order valence-electron chi connectivity index (χ1n) is 5.41. The molecule has 0 radical (unpaired) electrons. The summed E-state index contributed by atoms with van der Waals surface area (Å²) < 4.78 is 0. The number of carbonyl (C=O) groups excluding carboxylic acids is 1. The predicted octanol–water partition coefficient (Wildman–Crippen LogP) is 1.59. The number of carbonyl (C=O) groups is 1. The van der Waals surface area contributed by atoms with Gasteiger partial charge in [0.15, 0.2) is 0 Å². The average molecular weight is 219 g/mol. The Morgan fingerprint density at radius 1 is 1.44 bits per heavy atom. The molecule has 1 rings (SSSR count). The molecule has 0 bridgehead atoms. The van der Waals surface area contributed by atoms with Gasteiger partial charge in [-0.1, -0.05) is 37.3 Å². The third kappa shape index (κ3) is 4.75. The highest BCUT2D eigenvalue weighted by molar-refractivity contribution is 5.91. The van der Waals surface area contributed by atoms with Crippen LogP contribution in [0.4, 0.5) is 0 Å². The Kier molecular flexibility index (Phi) is 5.29. The highest BCUT2D eigenvalue weighted by Gasteiger charge is 2.01. The molecule has 3 heteroatoms. The molecule has 1 aromatic carbocycles. The van der Waals surface area contributed by atoms with Crippen molar-refractivity contribution in [2.24, 2.45) is 0 Å². The van der Waals surface area contributed by atoms with E-state index < -0.39 is 6.10 Å². The largest absolute Gasteiger partial charge is 0.391 e. The fourth-order valence-electron chi connectivity index (χ4n) is 1.16. The highest BCUT2D eigenvalue weighted by Crippen LogP contribution is 2.00. The van der Waals surface area contributed by atoms with E-state index in [1.807, 2.05) is 37.3 Å². The molecule has 0 spiro atoms. The molecular formula is C13H17NO2. The van der Waals surface area contributed by atoms with Crippen LogP contribution in [0.5, 0.6) is 0 Å². The zero-order valence-corrected chi connectivity index (χ0v) is 9.39. The molecular weight excluding hydrogens is 202 g/mol. The van der Waals surface area contributed by atoms with Crippen LogP contribution in [0, 0.1) is 0 Å². The van der Waals surface area contributed by atoms with Gasteiger partial charge in [0.1, 0.15) is 0 Å². The second-order valence-electron chi connectivity index (χ2n) is 3.55. The maximum absolute atomic E-state index is 11.3. The lowest BCUT2D eigenvalue weighted by Gasteiger charge is -2.07. The molecule has 0 saturated carbocycles. The molecule has 0 heterocycles. The summed E-state index contributed by atoms with van der Waals surface area (Å²) in [4.78, 5) is 11.3. The first-order chi connectivity index (χ1) is 7.72. The summed E-state index contributed by atoms with van der Waals surface area (Å²) in [7, 11) is 0. The van der Waals surface area contributed by atoms with Gasteiger partial charge in [0.05, 0.1) is 6.10 Å². The van der Waals surface area contributed by atoms with E-state index in [-0.39, 0.29) is 5.91 Å². The summed E-state index contributed by atoms with van der Waals surface area (Å²) in [5.41, 5.74) is 0.980. The molecule has 2 N–H and O–H groups in total. The van der Waals surface area contributed by atoms with Crippen molar-refractivity contribution in [3.05, 3.63) is 42.0 Å². The van der Waals surface area contributed by atoms with E-state index in [2.05, 4.69) is 5.32 Å². The molecule has 0 fully saturated rings. The zero-order chi connectivity index (χ0) is 11.8. The van der Waals surface area contributed by atoms with E-state index in [9.17, 15) is 9.90 Å². The van der Waals surface area contributed by atoms with Gasteiger partial charge >= 0.3 is 0 Å². The van der Waals surface area contributed by atoms with Gasteiger partial charge in [-0.05, 0) is 18.1 Å². The van der Waals surface area contributed by atoms with Crippen molar-refractivity contribution < 1.29 is 9.90 Å². The summed E-state index contributed by atoms with van der Waals surface area (Å²) in [6, 6.07) is 9.60. The van der Waals surface area contributed by atoms with Crippen LogP contribution < -0.4 is 5.32 Å². The van der Waals surface area contributed by atoms with E-state index >= 15 is 0 Å². The third-order valence-electron chi connectivity index (χ3n) is 2.21. The number of hydrogen-bond acceptors (Lipinski definition) is 2. The molecule has 1 atom stereocenters. The molecule has 1 aromatic rings. The topological polar surface area (TPSA) is 49.3 Å². The van der Waals surface area contributed by atoms with Crippen LogP contribution in [-0.4, -0.2) is 23.7 Å². The Labute approximate surface area is 95.8 Å². The number of benzene rings is 1. The smallest absolute Gasteiger partial charge is 0.244 e. The second-order valence-corrected chi connectivity index (χ2v) is 3.55. The van der Waals surface area contributed by atoms with Crippen LogP contribution in [0.25, 0.3) is 6.08 Å². The molecule has 1 amide bonds. The van der Waals surface area contributed by atoms with Crippen LogP contribution in [0.1, 0.15) is 18.9 Å². The number of aliphatic hydroxyl groups is 1. The summed E-state index contributed by atoms with van der Waals surface area (Å²) in [6.07, 6.45) is 3.39. The van der Waals surface area contributed by atoms with Crippen molar-refractivity contribution in [2.45, 2.75) is 19.4 Å². The standard InChI is InChI=1S/C13H17NO2/c1-2-12(15)10-14-13(16)9-8-11-6-4-3-5-7-11/h3-9,12,15H,2,10H2,1H3,(H,14,16)/b9-8+/t12-/m1/s1. The quantitative estimate of drug-likeness (QED) is 0.739. The normalized spacial score (nSPS) is 12.6. The lowest BCUT2D eigenvalue weighted by atomic mass is 10.2. The van der Waals surface area contributed by atoms with Gasteiger partial charge in [-0.25, -0.2) is 0 Å². The number of amides is 1. The van der Waals surface area contributed by atoms with Crippen molar-refractivity contribution in [2.75, 3.05) is 6.54 Å². The van der Waals surface area contributed by atoms with E-state index in [0.717, 1.165) is 5.56 Å². The van der Waals surface area contributed by atoms with Crippen LogP contribution in [0.2, 0.25) is 0 Å². The van der Waals surface area contributed by atoms with Gasteiger partial charge in [0.2, 0.25) is 5.91 Å². The molecule has 0 saturated heterocycles. The van der Waals surface area contributed by atoms with Gasteiger partial charge < -0.3 is 10.4 Å². The number of hydrogen-bond donors (Lipinski definition) is 2. The van der Waals surface area contributed by atoms with Gasteiger partial charge in [-0.15, -0.1) is 0 Å². The van der Waals surface area contributed by atoms with E-state index in [1.54, 1.807) is 6.08 Å². The summed E-state index contributed by atoms with van der Waals surface area (Å²) >= 11 is 0. The van der Waals surface area contributed by atoms with Crippen LogP contribution in [0.15, 0.2) is 36.4 Å². The first-order valence-corrected chi connectivity index (χ1v) is 5.41. The summed E-state index contributed by atoms with van der Waals surface area (Å²) in [6.45, 7) is 2.17. The predicted molar refractivity (Wildman–Crippen MR) is 64.8 cm³/mol. The molecule has 0 aliphatic carbocycles. The summed E-state index contributed by atoms with van der Waals surface area (Å²) in [5.74, 6) is -0.184. The van der Waals surface area contributed by atoms with Crippen LogP contribution >= 0.6 is 0 Å². The van der Waals surface area contributed by atoms with E-state index in [4.69, 9.17) is 0 Å². The van der Waals surface area contributed by atoms with Crippen molar-refractivity contribution in [3.63, 3.8) is 0 Å². The SMILES string of the molecule is CC[C@@H](O)CNC(=O)/C=C/c1ccccc1. The molecule has 0 aliphatic rings. The number of aliphatic hydroxyl groups excluding tert-OH is 1. The van der Waals surface area contributed by atoms with Crippen LogP contribution in [0.3, 0.4) is 0 Å². The fraction of sp³-hybridized carbons (Fsp3) is 0.308. The number of rotatable bonds is 5. The average Bonchev–Trinajstić information content (AvgIpc) is 2.34. The maximum atomic E-state index is 11.3. The maximum Gasteiger partial charge on any atom is 0.244 e. The van der Waals surface area contributed by atoms with E-state index in [1.165, 1.54) is 6.08 Å². The molecule has 3 nitrogen and oxygen atoms in total. The molecule has 0 unspecified atom stereocenters. The fourth-order valence-corrected chi connectivity index (χ4v) is 1.16. The van der Waals surface area contributed by atoms with E-state index in [0.29, 0.717) is 13.0 Å². The van der Waals surface area contributed by atoms with Crippen LogP contribution in [-0.2, 0) is 4.79 Å². The molecule has 16 heavy (non-hydrogen) atoms. The lowest BCUT2D eigenvalue weighted by Crippen LogP contribution is -2.30. The molecule has 86 valence electrons. The monoisotopic (exact) mass is 219 g/mol. The lowest BCUT2D eigenvalue weighted by molar-refractivity contribution is -0.116. The Hall–Kier alpha value is -1.61. The second kappa shape index (κ2) is 6.80. The van der Waals surface area contributed by atoms with Gasteiger partial charge in [0.25, 0.3) is 0 Å². The van der Waals surface area contributed by atoms with Gasteiger partial charge in [-0.2, -0.15) is 0 Å². The minimum Gasteiger partial charge on any atom is -0.391 e. The van der Waals surface area contributed by atoms with Crippen molar-refractivity contribution in [1.82, 2.24) is 5.32 Å². The van der Waals surface area contributed by atoms with Gasteiger partial charge in [-0.3, -0.25) is 4.79 Å². The number of nitrogens with one attached hydrogen (secondary N) is 1. The minimum atomic E-state index is -0.464. The Morgan fingerprint density at radius 3 is 2.75 bits per heavy atom. The van der Waals surface area contributed by atoms with Gasteiger partial charge in [0, 0.05) is 12.6 Å². The Morgan fingerprint density at radius 2 is 2.12 bits per heavy atom. The minimum absolute atomic E-state index is 0.184. The van der Waals surface area contributed by atoms with Crippen molar-refractivity contribution in [1.29, 1.82) is 0 Å².